The number of unbranched alkanes of at least 4 members (excludes halogenated alkanes) is 1. The molecule has 0 aliphatic rings. The molecule has 0 aromatic rings. The summed E-state index contributed by atoms with van der Waals surface area (Å²) in [4.78, 5) is 9.37. The van der Waals surface area contributed by atoms with Gasteiger partial charge in [-0.15, -0.1) is 0 Å². The van der Waals surface area contributed by atoms with E-state index in [-0.39, 0.29) is 0 Å². The van der Waals surface area contributed by atoms with Gasteiger partial charge < -0.3 is 4.89 Å². The second kappa shape index (κ2) is 4.95. The van der Waals surface area contributed by atoms with Gasteiger partial charge in [0.25, 0.3) is 0 Å². The monoisotopic (exact) mass is 178 g/mol. The van der Waals surface area contributed by atoms with Crippen molar-refractivity contribution in [3.8, 4) is 0 Å². The second-order valence-electron chi connectivity index (χ2n) is 3.50. The smallest absolute Gasteiger partial charge is 0.200 e. The zero-order valence-corrected chi connectivity index (χ0v) is 8.60. The summed E-state index contributed by atoms with van der Waals surface area (Å²) in [5, 5.41) is 0. The van der Waals surface area contributed by atoms with Crippen LogP contribution in [0, 0.1) is 5.92 Å². The van der Waals surface area contributed by atoms with E-state index >= 15 is 0 Å². The molecule has 3 heteroatoms. The zero-order valence-electron chi connectivity index (χ0n) is 7.71. The van der Waals surface area contributed by atoms with Crippen molar-refractivity contribution in [1.82, 2.24) is 0 Å². The molecule has 2 nitrogen and oxygen atoms in total. The first-order chi connectivity index (χ1) is 4.98. The first kappa shape index (κ1) is 11.2. The summed E-state index contributed by atoms with van der Waals surface area (Å²) in [6.07, 6.45) is 2.86. The van der Waals surface area contributed by atoms with Crippen LogP contribution in [0.1, 0.15) is 33.6 Å². The van der Waals surface area contributed by atoms with E-state index in [1.807, 2.05) is 20.8 Å². The van der Waals surface area contributed by atoms with E-state index in [0.29, 0.717) is 18.2 Å². The molecule has 0 rings (SSSR count). The van der Waals surface area contributed by atoms with Gasteiger partial charge in [0.05, 0.1) is 0 Å². The van der Waals surface area contributed by atoms with E-state index in [0.717, 1.165) is 12.8 Å². The molecule has 1 N–H and O–H groups in total. The van der Waals surface area contributed by atoms with Crippen molar-refractivity contribution in [1.29, 1.82) is 0 Å². The quantitative estimate of drug-likeness (QED) is 0.657. The first-order valence-electron chi connectivity index (χ1n) is 4.29. The normalized spacial score (nSPS) is 16.8. The van der Waals surface area contributed by atoms with Gasteiger partial charge >= 0.3 is 0 Å². The maximum absolute atomic E-state index is 11.3. The van der Waals surface area contributed by atoms with Gasteiger partial charge in [0.15, 0.2) is 0 Å². The van der Waals surface area contributed by atoms with Crippen molar-refractivity contribution in [2.75, 3.05) is 12.3 Å². The van der Waals surface area contributed by atoms with Gasteiger partial charge in [-0.1, -0.05) is 27.2 Å². The minimum Gasteiger partial charge on any atom is -0.344 e. The fourth-order valence-electron chi connectivity index (χ4n) is 1.07. The summed E-state index contributed by atoms with van der Waals surface area (Å²) >= 11 is 0. The molecule has 0 aliphatic heterocycles. The molecule has 0 saturated carbocycles. The molecule has 0 amide bonds. The lowest BCUT2D eigenvalue weighted by Crippen LogP contribution is -2.00. The van der Waals surface area contributed by atoms with Crippen molar-refractivity contribution in [3.63, 3.8) is 0 Å². The zero-order chi connectivity index (χ0) is 8.91. The highest BCUT2D eigenvalue weighted by Crippen LogP contribution is 2.43. The SMILES string of the molecule is CCCCP(=O)(O)CC(C)C. The van der Waals surface area contributed by atoms with Crippen LogP contribution in [-0.2, 0) is 4.57 Å². The molecule has 0 saturated heterocycles. The van der Waals surface area contributed by atoms with Crippen molar-refractivity contribution in [3.05, 3.63) is 0 Å². The van der Waals surface area contributed by atoms with Gasteiger partial charge in [-0.3, -0.25) is 4.57 Å². The third-order valence-corrected chi connectivity index (χ3v) is 3.83. The van der Waals surface area contributed by atoms with Crippen LogP contribution in [-0.4, -0.2) is 17.2 Å². The predicted octanol–water partition coefficient (Wildman–Crippen LogP) is 2.71. The van der Waals surface area contributed by atoms with Gasteiger partial charge in [-0.2, -0.15) is 0 Å². The molecule has 0 heterocycles. The third-order valence-electron chi connectivity index (χ3n) is 1.51. The Kier molecular flexibility index (Phi) is 5.03. The minimum atomic E-state index is -2.77. The summed E-state index contributed by atoms with van der Waals surface area (Å²) in [6, 6.07) is 0. The van der Waals surface area contributed by atoms with Crippen LogP contribution in [0.2, 0.25) is 0 Å². The standard InChI is InChI=1S/C8H19O2P/c1-4-5-6-11(9,10)7-8(2)3/h8H,4-7H2,1-3H3,(H,9,10). The van der Waals surface area contributed by atoms with Crippen LogP contribution in [0.5, 0.6) is 0 Å². The van der Waals surface area contributed by atoms with Crippen LogP contribution in [0.15, 0.2) is 0 Å². The minimum absolute atomic E-state index is 0.336. The topological polar surface area (TPSA) is 37.3 Å². The maximum atomic E-state index is 11.3. The Morgan fingerprint density at radius 1 is 1.45 bits per heavy atom. The Morgan fingerprint density at radius 3 is 2.36 bits per heavy atom. The van der Waals surface area contributed by atoms with Gasteiger partial charge in [0, 0.05) is 12.3 Å². The molecule has 0 aliphatic carbocycles. The average Bonchev–Trinajstić information content (AvgIpc) is 1.81. The molecule has 1 atom stereocenters. The lowest BCUT2D eigenvalue weighted by molar-refractivity contribution is 0.466. The Morgan fingerprint density at radius 2 is 2.00 bits per heavy atom. The van der Waals surface area contributed by atoms with Crippen LogP contribution in [0.25, 0.3) is 0 Å². The van der Waals surface area contributed by atoms with Crippen molar-refractivity contribution < 1.29 is 9.46 Å². The van der Waals surface area contributed by atoms with Crippen LogP contribution >= 0.6 is 7.37 Å². The van der Waals surface area contributed by atoms with E-state index < -0.39 is 7.37 Å². The Bertz CT molecular complexity index is 143. The molecular formula is C8H19O2P. The first-order valence-corrected chi connectivity index (χ1v) is 6.32. The summed E-state index contributed by atoms with van der Waals surface area (Å²) in [6.45, 7) is 6.00. The van der Waals surface area contributed by atoms with Gasteiger partial charge in [0.1, 0.15) is 0 Å². The molecule has 0 radical (unpaired) electrons. The number of hydrogen-bond donors (Lipinski definition) is 1. The highest BCUT2D eigenvalue weighted by atomic mass is 31.2. The molecule has 0 aromatic carbocycles. The van der Waals surface area contributed by atoms with Gasteiger partial charge in [-0.05, 0) is 12.3 Å². The lowest BCUT2D eigenvalue weighted by Gasteiger charge is -2.12. The van der Waals surface area contributed by atoms with Crippen molar-refractivity contribution >= 4 is 7.37 Å². The molecule has 68 valence electrons. The molecule has 0 bridgehead atoms. The third kappa shape index (κ3) is 6.58. The Balaban J connectivity index is 3.71. The van der Waals surface area contributed by atoms with Crippen molar-refractivity contribution in [2.24, 2.45) is 5.92 Å². The molecule has 0 fully saturated rings. The number of hydrogen-bond acceptors (Lipinski definition) is 1. The van der Waals surface area contributed by atoms with E-state index in [9.17, 15) is 9.46 Å². The molecule has 0 aromatic heterocycles. The average molecular weight is 178 g/mol. The highest BCUT2D eigenvalue weighted by Gasteiger charge is 2.18. The molecule has 0 spiro atoms. The second-order valence-corrected chi connectivity index (χ2v) is 6.00. The molecule has 11 heavy (non-hydrogen) atoms. The summed E-state index contributed by atoms with van der Waals surface area (Å²) < 4.78 is 11.3. The van der Waals surface area contributed by atoms with Crippen LogP contribution < -0.4 is 0 Å². The van der Waals surface area contributed by atoms with E-state index in [1.54, 1.807) is 0 Å². The fraction of sp³-hybridized carbons (Fsp3) is 1.00. The Labute approximate surface area is 69.5 Å². The summed E-state index contributed by atoms with van der Waals surface area (Å²) in [5.74, 6) is 0.336. The lowest BCUT2D eigenvalue weighted by atomic mass is 10.3. The van der Waals surface area contributed by atoms with E-state index in [1.165, 1.54) is 0 Å². The molecule has 1 unspecified atom stereocenters. The fourth-order valence-corrected chi connectivity index (χ4v) is 3.20. The summed E-state index contributed by atoms with van der Waals surface area (Å²) in [5.41, 5.74) is 0. The van der Waals surface area contributed by atoms with Crippen molar-refractivity contribution in [2.45, 2.75) is 33.6 Å². The van der Waals surface area contributed by atoms with E-state index in [4.69, 9.17) is 0 Å². The highest BCUT2D eigenvalue weighted by molar-refractivity contribution is 7.57. The predicted molar refractivity (Wildman–Crippen MR) is 49.3 cm³/mol. The molecular weight excluding hydrogens is 159 g/mol. The Hall–Kier alpha value is 0.190. The largest absolute Gasteiger partial charge is 0.344 e. The van der Waals surface area contributed by atoms with Gasteiger partial charge in [0.2, 0.25) is 7.37 Å². The van der Waals surface area contributed by atoms with Gasteiger partial charge in [-0.25, -0.2) is 0 Å². The van der Waals surface area contributed by atoms with Crippen LogP contribution in [0.3, 0.4) is 0 Å². The van der Waals surface area contributed by atoms with E-state index in [2.05, 4.69) is 0 Å². The maximum Gasteiger partial charge on any atom is 0.200 e. The summed E-state index contributed by atoms with van der Waals surface area (Å²) in [7, 11) is -2.77. The number of rotatable bonds is 5. The van der Waals surface area contributed by atoms with Crippen LogP contribution in [0.4, 0.5) is 0 Å².